The maximum atomic E-state index is 13.7. The van der Waals surface area contributed by atoms with Gasteiger partial charge in [-0.25, -0.2) is 4.98 Å². The highest BCUT2D eigenvalue weighted by Gasteiger charge is 2.39. The molecule has 1 atom stereocenters. The number of hydrogen-bond donors (Lipinski definition) is 3. The van der Waals surface area contributed by atoms with Crippen LogP contribution in [0.5, 0.6) is 0 Å². The number of benzene rings is 3. The molecule has 40 heavy (non-hydrogen) atoms. The first-order chi connectivity index (χ1) is 19.1. The van der Waals surface area contributed by atoms with Gasteiger partial charge in [0.05, 0.1) is 5.52 Å². The fourth-order valence-corrected chi connectivity index (χ4v) is 6.06. The van der Waals surface area contributed by atoms with Gasteiger partial charge in [0.25, 0.3) is 5.91 Å². The Hall–Kier alpha value is -4.03. The highest BCUT2D eigenvalue weighted by molar-refractivity contribution is 5.98. The van der Waals surface area contributed by atoms with Gasteiger partial charge in [0.1, 0.15) is 11.7 Å². The third-order valence-corrected chi connectivity index (χ3v) is 7.49. The number of aromatic nitrogens is 1. The molecule has 2 heterocycles. The van der Waals surface area contributed by atoms with Crippen LogP contribution >= 0.6 is 0 Å². The number of piperidine rings is 1. The van der Waals surface area contributed by atoms with Crippen LogP contribution < -0.4 is 16.0 Å². The molecule has 0 saturated carbocycles. The quantitative estimate of drug-likeness (QED) is 0.285. The van der Waals surface area contributed by atoms with Crippen molar-refractivity contribution >= 4 is 22.7 Å². The van der Waals surface area contributed by atoms with E-state index in [-0.39, 0.29) is 28.9 Å². The van der Waals surface area contributed by atoms with Crippen molar-refractivity contribution in [2.75, 3.05) is 0 Å². The summed E-state index contributed by atoms with van der Waals surface area (Å²) in [4.78, 5) is 31.6. The lowest BCUT2D eigenvalue weighted by atomic mass is 9.79. The molecule has 0 spiro atoms. The Labute approximate surface area is 236 Å². The molecule has 2 amide bonds. The molecule has 4 aromatic rings. The lowest BCUT2D eigenvalue weighted by Gasteiger charge is -2.46. The van der Waals surface area contributed by atoms with E-state index < -0.39 is 6.04 Å². The number of rotatable bonds is 7. The van der Waals surface area contributed by atoms with Crippen molar-refractivity contribution in [3.05, 3.63) is 102 Å². The molecule has 206 valence electrons. The zero-order chi connectivity index (χ0) is 28.3. The third kappa shape index (κ3) is 6.75. The third-order valence-electron chi connectivity index (χ3n) is 7.49. The molecule has 6 heteroatoms. The number of carbonyl (C=O) groups excluding carboxylic acids is 2. The van der Waals surface area contributed by atoms with E-state index in [9.17, 15) is 9.59 Å². The number of nitrogens with zero attached hydrogens (tertiary/aromatic N) is 1. The van der Waals surface area contributed by atoms with E-state index >= 15 is 0 Å². The van der Waals surface area contributed by atoms with E-state index in [1.807, 2.05) is 60.7 Å². The van der Waals surface area contributed by atoms with Crippen molar-refractivity contribution < 1.29 is 9.59 Å². The summed E-state index contributed by atoms with van der Waals surface area (Å²) in [5, 5.41) is 10.9. The van der Waals surface area contributed by atoms with Crippen LogP contribution in [0.25, 0.3) is 22.0 Å². The van der Waals surface area contributed by atoms with Gasteiger partial charge < -0.3 is 16.0 Å². The maximum Gasteiger partial charge on any atom is 0.270 e. The summed E-state index contributed by atoms with van der Waals surface area (Å²) in [5.74, 6) is -0.544. The second-order valence-corrected chi connectivity index (χ2v) is 12.2. The van der Waals surface area contributed by atoms with Crippen molar-refractivity contribution in [3.8, 4) is 11.1 Å². The Bertz CT molecular complexity index is 1480. The van der Waals surface area contributed by atoms with Crippen LogP contribution in [0.4, 0.5) is 0 Å². The second kappa shape index (κ2) is 11.2. The second-order valence-electron chi connectivity index (χ2n) is 12.2. The van der Waals surface area contributed by atoms with Crippen LogP contribution in [0.1, 0.15) is 56.6 Å². The smallest absolute Gasteiger partial charge is 0.270 e. The highest BCUT2D eigenvalue weighted by Crippen LogP contribution is 2.28. The molecule has 1 saturated heterocycles. The number of hydrogen-bond acceptors (Lipinski definition) is 4. The fraction of sp³-hybridized carbons (Fsp3) is 0.324. The zero-order valence-electron chi connectivity index (χ0n) is 23.7. The van der Waals surface area contributed by atoms with Crippen LogP contribution in [0.15, 0.2) is 91.0 Å². The summed E-state index contributed by atoms with van der Waals surface area (Å²) in [7, 11) is 0. The number of pyridine rings is 1. The Morgan fingerprint density at radius 3 is 2.15 bits per heavy atom. The topological polar surface area (TPSA) is 83.1 Å². The molecule has 1 unspecified atom stereocenters. The van der Waals surface area contributed by atoms with Crippen molar-refractivity contribution in [2.45, 2.75) is 70.1 Å². The zero-order valence-corrected chi connectivity index (χ0v) is 23.7. The number of carbonyl (C=O) groups is 2. The standard InChI is InChI=1S/C34H38N4O2/c1-33(2)21-27(22-34(3,4)38-33)35-32(40)30(20-23-14-16-25(17-15-23)24-10-6-5-7-11-24)37-31(39)29-19-18-26-12-8-9-13-28(26)36-29/h5-19,27,30,38H,20-22H2,1-4H3,(H,35,40)(H,37,39). The van der Waals surface area contributed by atoms with Crippen LogP contribution in [0.3, 0.4) is 0 Å². The average Bonchev–Trinajstić information content (AvgIpc) is 2.91. The lowest BCUT2D eigenvalue weighted by molar-refractivity contribution is -0.124. The van der Waals surface area contributed by atoms with Gasteiger partial charge in [0.15, 0.2) is 0 Å². The van der Waals surface area contributed by atoms with Crippen molar-refractivity contribution in [1.82, 2.24) is 20.9 Å². The van der Waals surface area contributed by atoms with Gasteiger partial charge in [-0.2, -0.15) is 0 Å². The van der Waals surface area contributed by atoms with E-state index in [0.29, 0.717) is 12.1 Å². The van der Waals surface area contributed by atoms with Gasteiger partial charge in [-0.05, 0) is 69.4 Å². The number of amides is 2. The molecule has 3 aromatic carbocycles. The molecule has 3 N–H and O–H groups in total. The van der Waals surface area contributed by atoms with Gasteiger partial charge in [0, 0.05) is 28.9 Å². The minimum Gasteiger partial charge on any atom is -0.351 e. The minimum atomic E-state index is -0.746. The molecule has 0 aliphatic carbocycles. The summed E-state index contributed by atoms with van der Waals surface area (Å²) in [6, 6.07) is 28.9. The molecule has 1 aliphatic heterocycles. The fourth-order valence-electron chi connectivity index (χ4n) is 6.06. The van der Waals surface area contributed by atoms with Gasteiger partial charge in [-0.1, -0.05) is 78.9 Å². The predicted molar refractivity (Wildman–Crippen MR) is 161 cm³/mol. The van der Waals surface area contributed by atoms with Crippen molar-refractivity contribution in [1.29, 1.82) is 0 Å². The van der Waals surface area contributed by atoms with Crippen molar-refractivity contribution in [3.63, 3.8) is 0 Å². The normalized spacial score (nSPS) is 17.2. The summed E-state index contributed by atoms with van der Waals surface area (Å²) in [6.07, 6.45) is 1.99. The molecule has 6 nitrogen and oxygen atoms in total. The van der Waals surface area contributed by atoms with E-state index in [1.165, 1.54) is 0 Å². The SMILES string of the molecule is CC1(C)CC(NC(=O)C(Cc2ccc(-c3ccccc3)cc2)NC(=O)c2ccc3ccccc3n2)CC(C)(C)N1. The number of para-hydroxylation sites is 1. The van der Waals surface area contributed by atoms with Crippen LogP contribution in [-0.4, -0.2) is 40.0 Å². The highest BCUT2D eigenvalue weighted by atomic mass is 16.2. The minimum absolute atomic E-state index is 0.00241. The molecule has 5 rings (SSSR count). The van der Waals surface area contributed by atoms with E-state index in [2.05, 4.69) is 72.9 Å². The van der Waals surface area contributed by atoms with Gasteiger partial charge in [-0.3, -0.25) is 9.59 Å². The maximum absolute atomic E-state index is 13.7. The average molecular weight is 535 g/mol. The van der Waals surface area contributed by atoms with Crippen LogP contribution in [0, 0.1) is 0 Å². The van der Waals surface area contributed by atoms with Crippen LogP contribution in [-0.2, 0) is 11.2 Å². The lowest BCUT2D eigenvalue weighted by Crippen LogP contribution is -2.63. The molecular weight excluding hydrogens is 496 g/mol. The number of fused-ring (bicyclic) bond motifs is 1. The van der Waals surface area contributed by atoms with E-state index in [1.54, 1.807) is 6.07 Å². The summed E-state index contributed by atoms with van der Waals surface area (Å²) < 4.78 is 0. The Kier molecular flexibility index (Phi) is 7.72. The molecule has 1 fully saturated rings. The first kappa shape index (κ1) is 27.5. The summed E-state index contributed by atoms with van der Waals surface area (Å²) in [5.41, 5.74) is 4.02. The van der Waals surface area contributed by atoms with Gasteiger partial charge in [-0.15, -0.1) is 0 Å². The summed E-state index contributed by atoms with van der Waals surface area (Å²) in [6.45, 7) is 8.63. The largest absolute Gasteiger partial charge is 0.351 e. The predicted octanol–water partition coefficient (Wildman–Crippen LogP) is 5.67. The summed E-state index contributed by atoms with van der Waals surface area (Å²) >= 11 is 0. The Morgan fingerprint density at radius 1 is 0.825 bits per heavy atom. The first-order valence-corrected chi connectivity index (χ1v) is 14.0. The Morgan fingerprint density at radius 2 is 1.45 bits per heavy atom. The molecule has 1 aromatic heterocycles. The van der Waals surface area contributed by atoms with E-state index in [4.69, 9.17) is 0 Å². The molecular formula is C34H38N4O2. The first-order valence-electron chi connectivity index (χ1n) is 14.0. The number of nitrogens with one attached hydrogen (secondary N) is 3. The monoisotopic (exact) mass is 534 g/mol. The van der Waals surface area contributed by atoms with Crippen LogP contribution in [0.2, 0.25) is 0 Å². The van der Waals surface area contributed by atoms with Crippen molar-refractivity contribution in [2.24, 2.45) is 0 Å². The van der Waals surface area contributed by atoms with Gasteiger partial charge in [0.2, 0.25) is 5.91 Å². The van der Waals surface area contributed by atoms with Gasteiger partial charge >= 0.3 is 0 Å². The van der Waals surface area contributed by atoms with E-state index in [0.717, 1.165) is 40.4 Å². The molecule has 0 bridgehead atoms. The molecule has 0 radical (unpaired) electrons. The Balaban J connectivity index is 1.37. The molecule has 1 aliphatic rings.